The van der Waals surface area contributed by atoms with E-state index in [2.05, 4.69) is 17.2 Å². The average molecular weight is 497 g/mol. The molecular formula is C33H28N4O. The summed E-state index contributed by atoms with van der Waals surface area (Å²) in [6.07, 6.45) is 1.85. The SMILES string of the molecule is CN(/N=C/c1ccccc1)c1ccccc1.N=C(c1ccccc1O)n1c2ccccc2c2ccccc21. The normalized spacial score (nSPS) is 10.9. The summed E-state index contributed by atoms with van der Waals surface area (Å²) in [5.41, 5.74) is 4.64. The molecule has 0 unspecified atom stereocenters. The smallest absolute Gasteiger partial charge is 0.141 e. The Bertz CT molecular complexity index is 1650. The first kappa shape index (κ1) is 24.5. The molecule has 186 valence electrons. The van der Waals surface area contributed by atoms with E-state index in [0.717, 1.165) is 33.1 Å². The van der Waals surface area contributed by atoms with E-state index in [4.69, 9.17) is 5.41 Å². The number of fused-ring (bicyclic) bond motifs is 3. The van der Waals surface area contributed by atoms with Crippen molar-refractivity contribution in [3.8, 4) is 5.75 Å². The summed E-state index contributed by atoms with van der Waals surface area (Å²) >= 11 is 0. The first-order valence-electron chi connectivity index (χ1n) is 12.4. The Hall–Kier alpha value is -5.16. The molecule has 5 heteroatoms. The van der Waals surface area contributed by atoms with E-state index in [1.807, 2.05) is 126 Å². The highest BCUT2D eigenvalue weighted by atomic mass is 16.3. The van der Waals surface area contributed by atoms with Crippen LogP contribution >= 0.6 is 0 Å². The van der Waals surface area contributed by atoms with Crippen molar-refractivity contribution in [2.24, 2.45) is 5.10 Å². The standard InChI is InChI=1S/C19H14N2O.C14H14N2/c20-19(15-9-3-6-12-18(15)22)21-16-10-4-1-7-13(16)14-8-2-5-11-17(14)21;1-16(14-10-6-3-7-11-14)15-12-13-8-4-2-5-9-13/h1-12,20,22H;2-12H,1H3/b;15-12+. The molecule has 0 aliphatic rings. The third kappa shape index (κ3) is 5.18. The molecule has 0 bridgehead atoms. The van der Waals surface area contributed by atoms with E-state index in [0.29, 0.717) is 5.56 Å². The number of hydrogen-bond donors (Lipinski definition) is 2. The Labute approximate surface area is 222 Å². The zero-order valence-electron chi connectivity index (χ0n) is 21.1. The Morgan fingerprint density at radius 2 is 1.18 bits per heavy atom. The number of aromatic hydroxyl groups is 1. The number of nitrogens with zero attached hydrogens (tertiary/aromatic N) is 3. The van der Waals surface area contributed by atoms with Gasteiger partial charge in [-0.05, 0) is 42.0 Å². The fraction of sp³-hybridized carbons (Fsp3) is 0.0303. The molecule has 0 aliphatic heterocycles. The van der Waals surface area contributed by atoms with Gasteiger partial charge in [-0.2, -0.15) is 5.10 Å². The van der Waals surface area contributed by atoms with Crippen LogP contribution in [-0.2, 0) is 0 Å². The summed E-state index contributed by atoms with van der Waals surface area (Å²) in [6, 6.07) is 43.2. The van der Waals surface area contributed by atoms with Crippen LogP contribution in [0.3, 0.4) is 0 Å². The molecule has 0 saturated heterocycles. The number of aromatic nitrogens is 1. The van der Waals surface area contributed by atoms with Gasteiger partial charge < -0.3 is 5.11 Å². The van der Waals surface area contributed by atoms with Crippen LogP contribution in [0, 0.1) is 5.41 Å². The van der Waals surface area contributed by atoms with Crippen LogP contribution in [0.2, 0.25) is 0 Å². The van der Waals surface area contributed by atoms with Crippen LogP contribution in [0.15, 0.2) is 139 Å². The van der Waals surface area contributed by atoms with E-state index in [-0.39, 0.29) is 11.6 Å². The van der Waals surface area contributed by atoms with E-state index in [1.54, 1.807) is 18.2 Å². The van der Waals surface area contributed by atoms with E-state index in [1.165, 1.54) is 0 Å². The fourth-order valence-corrected chi connectivity index (χ4v) is 4.36. The number of phenols is 1. The topological polar surface area (TPSA) is 64.6 Å². The molecule has 0 amide bonds. The lowest BCUT2D eigenvalue weighted by molar-refractivity contribution is 0.474. The van der Waals surface area contributed by atoms with E-state index in [9.17, 15) is 5.11 Å². The second kappa shape index (κ2) is 11.3. The predicted molar refractivity (Wildman–Crippen MR) is 159 cm³/mol. The number of para-hydroxylation sites is 4. The number of hydrazone groups is 1. The maximum atomic E-state index is 10.1. The second-order valence-corrected chi connectivity index (χ2v) is 8.75. The number of benzene rings is 5. The van der Waals surface area contributed by atoms with Crippen molar-refractivity contribution < 1.29 is 5.11 Å². The molecule has 0 spiro atoms. The van der Waals surface area contributed by atoms with Gasteiger partial charge in [0.15, 0.2) is 0 Å². The van der Waals surface area contributed by atoms with Gasteiger partial charge in [0.1, 0.15) is 11.6 Å². The zero-order chi connectivity index (χ0) is 26.3. The third-order valence-corrected chi connectivity index (χ3v) is 6.27. The van der Waals surface area contributed by atoms with Crippen LogP contribution < -0.4 is 5.01 Å². The van der Waals surface area contributed by atoms with E-state index >= 15 is 0 Å². The number of nitrogens with one attached hydrogen (secondary N) is 1. The van der Waals surface area contributed by atoms with Crippen molar-refractivity contribution in [1.29, 1.82) is 5.41 Å². The van der Waals surface area contributed by atoms with Gasteiger partial charge in [0.05, 0.1) is 28.5 Å². The number of hydrogen-bond acceptors (Lipinski definition) is 4. The molecule has 0 saturated carbocycles. The lowest BCUT2D eigenvalue weighted by Crippen LogP contribution is -2.11. The summed E-state index contributed by atoms with van der Waals surface area (Å²) in [4.78, 5) is 0. The van der Waals surface area contributed by atoms with Crippen molar-refractivity contribution in [2.75, 3.05) is 12.1 Å². The quantitative estimate of drug-likeness (QED) is 0.150. The van der Waals surface area contributed by atoms with Gasteiger partial charge in [-0.15, -0.1) is 0 Å². The first-order valence-corrected chi connectivity index (χ1v) is 12.4. The number of phenolic OH excluding ortho intramolecular Hbond substituents is 1. The minimum absolute atomic E-state index is 0.120. The summed E-state index contributed by atoms with van der Waals surface area (Å²) < 4.78 is 1.89. The lowest BCUT2D eigenvalue weighted by atomic mass is 10.1. The monoisotopic (exact) mass is 496 g/mol. The maximum Gasteiger partial charge on any atom is 0.141 e. The maximum absolute atomic E-state index is 10.1. The van der Waals surface area contributed by atoms with Crippen LogP contribution in [0.5, 0.6) is 5.75 Å². The summed E-state index contributed by atoms with van der Waals surface area (Å²) in [6.45, 7) is 0. The Morgan fingerprint density at radius 3 is 1.79 bits per heavy atom. The minimum atomic E-state index is 0.120. The lowest BCUT2D eigenvalue weighted by Gasteiger charge is -2.11. The fourth-order valence-electron chi connectivity index (χ4n) is 4.36. The molecule has 5 aromatic carbocycles. The van der Waals surface area contributed by atoms with Gasteiger partial charge in [-0.25, -0.2) is 0 Å². The molecule has 2 N–H and O–H groups in total. The summed E-state index contributed by atoms with van der Waals surface area (Å²) in [7, 11) is 1.94. The van der Waals surface area contributed by atoms with Gasteiger partial charge in [0, 0.05) is 17.8 Å². The number of anilines is 1. The predicted octanol–water partition coefficient (Wildman–Crippen LogP) is 7.53. The van der Waals surface area contributed by atoms with Gasteiger partial charge in [0.25, 0.3) is 0 Å². The average Bonchev–Trinajstić information content (AvgIpc) is 3.32. The molecule has 6 rings (SSSR count). The highest BCUT2D eigenvalue weighted by Gasteiger charge is 2.16. The molecule has 1 heterocycles. The molecule has 6 aromatic rings. The van der Waals surface area contributed by atoms with Crippen molar-refractivity contribution in [2.45, 2.75) is 0 Å². The molecule has 0 atom stereocenters. The van der Waals surface area contributed by atoms with Crippen LogP contribution in [0.1, 0.15) is 11.1 Å². The number of rotatable bonds is 4. The van der Waals surface area contributed by atoms with Crippen molar-refractivity contribution >= 4 is 39.5 Å². The van der Waals surface area contributed by atoms with Crippen molar-refractivity contribution in [1.82, 2.24) is 4.57 Å². The zero-order valence-corrected chi connectivity index (χ0v) is 21.1. The van der Waals surface area contributed by atoms with E-state index < -0.39 is 0 Å². The van der Waals surface area contributed by atoms with Gasteiger partial charge in [-0.3, -0.25) is 15.0 Å². The molecule has 0 fully saturated rings. The summed E-state index contributed by atoms with van der Waals surface area (Å²) in [5, 5.41) is 27.1. The van der Waals surface area contributed by atoms with Crippen molar-refractivity contribution in [3.05, 3.63) is 145 Å². The Balaban J connectivity index is 0.000000163. The molecule has 38 heavy (non-hydrogen) atoms. The van der Waals surface area contributed by atoms with Crippen LogP contribution in [0.4, 0.5) is 5.69 Å². The van der Waals surface area contributed by atoms with Crippen LogP contribution in [-0.4, -0.2) is 28.8 Å². The van der Waals surface area contributed by atoms with Gasteiger partial charge in [0.2, 0.25) is 0 Å². The first-order chi connectivity index (χ1) is 18.6. The highest BCUT2D eigenvalue weighted by molar-refractivity contribution is 6.17. The summed E-state index contributed by atoms with van der Waals surface area (Å²) in [5.74, 6) is 0.393. The van der Waals surface area contributed by atoms with Crippen molar-refractivity contribution in [3.63, 3.8) is 0 Å². The Kier molecular flexibility index (Phi) is 7.27. The molecular weight excluding hydrogens is 468 g/mol. The Morgan fingerprint density at radius 1 is 0.684 bits per heavy atom. The minimum Gasteiger partial charge on any atom is -0.507 e. The molecule has 5 nitrogen and oxygen atoms in total. The molecule has 0 radical (unpaired) electrons. The van der Waals surface area contributed by atoms with Crippen LogP contribution in [0.25, 0.3) is 21.8 Å². The molecule has 0 aliphatic carbocycles. The van der Waals surface area contributed by atoms with Gasteiger partial charge >= 0.3 is 0 Å². The van der Waals surface area contributed by atoms with Gasteiger partial charge in [-0.1, -0.05) is 97.1 Å². The second-order valence-electron chi connectivity index (χ2n) is 8.75. The largest absolute Gasteiger partial charge is 0.507 e. The third-order valence-electron chi connectivity index (χ3n) is 6.27. The highest BCUT2D eigenvalue weighted by Crippen LogP contribution is 2.30. The molecule has 1 aromatic heterocycles.